The van der Waals surface area contributed by atoms with Crippen LogP contribution in [0.15, 0.2) is 70.0 Å². The number of para-hydroxylation sites is 1. The smallest absolute Gasteiger partial charge is 0.271 e. The van der Waals surface area contributed by atoms with Crippen LogP contribution in [0.3, 0.4) is 0 Å². The first-order valence-corrected chi connectivity index (χ1v) is 11.0. The topological polar surface area (TPSA) is 64.0 Å². The number of ether oxygens (including phenoxy) is 2. The van der Waals surface area contributed by atoms with Crippen LogP contribution in [0.5, 0.6) is 11.5 Å². The molecule has 0 saturated carbocycles. The lowest BCUT2D eigenvalue weighted by Crippen LogP contribution is -2.28. The number of amidine groups is 1. The fraction of sp³-hybridized carbons (Fsp3) is 0.136. The van der Waals surface area contributed by atoms with Crippen LogP contribution in [0, 0.1) is 0 Å². The molecule has 0 N–H and O–H groups in total. The average molecular weight is 438 g/mol. The normalized spacial score (nSPS) is 16.5. The molecule has 2 heterocycles. The number of hydrogen-bond donors (Lipinski definition) is 0. The third-order valence-electron chi connectivity index (χ3n) is 4.22. The van der Waals surface area contributed by atoms with Crippen LogP contribution in [0.25, 0.3) is 6.08 Å². The Kier molecular flexibility index (Phi) is 6.15. The van der Waals surface area contributed by atoms with E-state index in [4.69, 9.17) is 9.47 Å². The molecule has 2 aromatic carbocycles. The summed E-state index contributed by atoms with van der Waals surface area (Å²) in [6, 6.07) is 15.1. The summed E-state index contributed by atoms with van der Waals surface area (Å²) >= 11 is 2.75. The third kappa shape index (κ3) is 4.24. The average Bonchev–Trinajstić information content (AvgIpc) is 3.38. The Labute approximate surface area is 182 Å². The van der Waals surface area contributed by atoms with Gasteiger partial charge in [-0.1, -0.05) is 24.3 Å². The van der Waals surface area contributed by atoms with E-state index >= 15 is 0 Å². The molecule has 152 valence electrons. The second kappa shape index (κ2) is 9.15. The van der Waals surface area contributed by atoms with Crippen molar-refractivity contribution in [3.8, 4) is 11.5 Å². The number of carbonyl (C=O) groups is 1. The van der Waals surface area contributed by atoms with E-state index in [9.17, 15) is 4.79 Å². The van der Waals surface area contributed by atoms with E-state index < -0.39 is 0 Å². The maximum atomic E-state index is 13.3. The van der Waals surface area contributed by atoms with Gasteiger partial charge in [0.2, 0.25) is 5.13 Å². The first-order valence-electron chi connectivity index (χ1n) is 9.27. The number of aromatic nitrogens is 1. The molecule has 30 heavy (non-hydrogen) atoms. The van der Waals surface area contributed by atoms with Crippen LogP contribution in [0.4, 0.5) is 10.8 Å². The fourth-order valence-corrected chi connectivity index (χ4v) is 4.45. The SMILES string of the molecule is CCOc1ccc(/C=C2\S/C(=N/c3nccs3)N(c3ccccc3)C2=O)cc1OC. The van der Waals surface area contributed by atoms with Crippen LogP contribution < -0.4 is 14.4 Å². The van der Waals surface area contributed by atoms with Crippen LogP contribution in [-0.4, -0.2) is 29.8 Å². The van der Waals surface area contributed by atoms with Crippen LogP contribution in [0.1, 0.15) is 12.5 Å². The number of anilines is 1. The molecule has 0 radical (unpaired) electrons. The van der Waals surface area contributed by atoms with Crippen molar-refractivity contribution < 1.29 is 14.3 Å². The van der Waals surface area contributed by atoms with Gasteiger partial charge in [-0.25, -0.2) is 4.98 Å². The molecule has 0 unspecified atom stereocenters. The minimum absolute atomic E-state index is 0.130. The van der Waals surface area contributed by atoms with E-state index in [2.05, 4.69) is 9.98 Å². The molecule has 1 saturated heterocycles. The number of benzene rings is 2. The molecule has 4 rings (SSSR count). The van der Waals surface area contributed by atoms with Gasteiger partial charge in [0.25, 0.3) is 5.91 Å². The van der Waals surface area contributed by atoms with Crippen LogP contribution in [0.2, 0.25) is 0 Å². The summed E-state index contributed by atoms with van der Waals surface area (Å²) in [6.45, 7) is 2.47. The molecule has 8 heteroatoms. The van der Waals surface area contributed by atoms with Gasteiger partial charge in [0, 0.05) is 11.6 Å². The monoisotopic (exact) mass is 437 g/mol. The molecule has 0 spiro atoms. The Morgan fingerprint density at radius 3 is 2.70 bits per heavy atom. The lowest BCUT2D eigenvalue weighted by atomic mass is 10.2. The summed E-state index contributed by atoms with van der Waals surface area (Å²) in [6.07, 6.45) is 3.53. The molecule has 0 atom stereocenters. The molecular formula is C22H19N3O3S2. The predicted molar refractivity (Wildman–Crippen MR) is 123 cm³/mol. The van der Waals surface area contributed by atoms with Crippen LogP contribution in [-0.2, 0) is 4.79 Å². The highest BCUT2D eigenvalue weighted by molar-refractivity contribution is 8.19. The molecule has 1 aromatic heterocycles. The summed E-state index contributed by atoms with van der Waals surface area (Å²) < 4.78 is 11.0. The standard InChI is InChI=1S/C22H19N3O3S2/c1-3-28-17-10-9-15(13-18(17)27-2)14-19-20(26)25(16-7-5-4-6-8-16)22(30-19)24-21-23-11-12-29-21/h4-14H,3H2,1-2H3/b19-14-,24-22+. The highest BCUT2D eigenvalue weighted by Crippen LogP contribution is 2.38. The zero-order valence-electron chi connectivity index (χ0n) is 16.4. The minimum Gasteiger partial charge on any atom is -0.493 e. The van der Waals surface area contributed by atoms with E-state index in [0.29, 0.717) is 33.3 Å². The van der Waals surface area contributed by atoms with Gasteiger partial charge < -0.3 is 9.47 Å². The fourth-order valence-electron chi connectivity index (χ4n) is 2.91. The second-order valence-electron chi connectivity index (χ2n) is 6.14. The van der Waals surface area contributed by atoms with E-state index in [0.717, 1.165) is 11.3 Å². The van der Waals surface area contributed by atoms with Crippen molar-refractivity contribution in [3.63, 3.8) is 0 Å². The molecule has 3 aromatic rings. The lowest BCUT2D eigenvalue weighted by molar-refractivity contribution is -0.113. The Hall–Kier alpha value is -3.10. The van der Waals surface area contributed by atoms with Crippen molar-refractivity contribution in [2.24, 2.45) is 4.99 Å². The first kappa shape index (κ1) is 20.2. The number of thioether (sulfide) groups is 1. The van der Waals surface area contributed by atoms with Gasteiger partial charge in [0.15, 0.2) is 16.7 Å². The molecule has 0 aliphatic carbocycles. The predicted octanol–water partition coefficient (Wildman–Crippen LogP) is 5.36. The van der Waals surface area contributed by atoms with Gasteiger partial charge in [-0.05, 0) is 54.6 Å². The molecule has 6 nitrogen and oxygen atoms in total. The van der Waals surface area contributed by atoms with Gasteiger partial charge >= 0.3 is 0 Å². The number of thiazole rings is 1. The van der Waals surface area contributed by atoms with Gasteiger partial charge in [-0.15, -0.1) is 11.3 Å². The van der Waals surface area contributed by atoms with E-state index in [1.54, 1.807) is 18.2 Å². The third-order valence-corrected chi connectivity index (χ3v) is 5.85. The van der Waals surface area contributed by atoms with E-state index in [-0.39, 0.29) is 5.91 Å². The van der Waals surface area contributed by atoms with Gasteiger partial charge in [-0.3, -0.25) is 9.69 Å². The number of amides is 1. The Bertz CT molecular complexity index is 1100. The molecule has 1 aliphatic rings. The second-order valence-corrected chi connectivity index (χ2v) is 8.02. The molecule has 1 amide bonds. The van der Waals surface area contributed by atoms with Gasteiger partial charge in [-0.2, -0.15) is 4.99 Å². The Morgan fingerprint density at radius 1 is 1.17 bits per heavy atom. The summed E-state index contributed by atoms with van der Waals surface area (Å²) in [4.78, 5) is 24.3. The summed E-state index contributed by atoms with van der Waals surface area (Å²) in [5.74, 6) is 1.16. The number of carbonyl (C=O) groups excluding carboxylic acids is 1. The minimum atomic E-state index is -0.130. The van der Waals surface area contributed by atoms with E-state index in [1.807, 2.05) is 66.9 Å². The van der Waals surface area contributed by atoms with Gasteiger partial charge in [0.05, 0.1) is 24.3 Å². The van der Waals surface area contributed by atoms with Gasteiger partial charge in [0.1, 0.15) is 0 Å². The number of hydrogen-bond acceptors (Lipinski definition) is 7. The maximum absolute atomic E-state index is 13.3. The van der Waals surface area contributed by atoms with E-state index in [1.165, 1.54) is 23.1 Å². The number of aliphatic imine (C=N–C) groups is 1. The first-order chi connectivity index (χ1) is 14.7. The van der Waals surface area contributed by atoms with Crippen molar-refractivity contribution in [1.82, 2.24) is 4.98 Å². The van der Waals surface area contributed by atoms with Crippen molar-refractivity contribution >= 4 is 51.1 Å². The summed E-state index contributed by atoms with van der Waals surface area (Å²) in [5, 5.41) is 3.04. The molecule has 1 aliphatic heterocycles. The number of nitrogens with zero attached hydrogens (tertiary/aromatic N) is 3. The molecular weight excluding hydrogens is 418 g/mol. The maximum Gasteiger partial charge on any atom is 0.271 e. The Morgan fingerprint density at radius 2 is 2.00 bits per heavy atom. The summed E-state index contributed by atoms with van der Waals surface area (Å²) in [7, 11) is 1.60. The van der Waals surface area contributed by atoms with Crippen LogP contribution >= 0.6 is 23.1 Å². The highest BCUT2D eigenvalue weighted by atomic mass is 32.2. The highest BCUT2D eigenvalue weighted by Gasteiger charge is 2.35. The molecule has 0 bridgehead atoms. The quantitative estimate of drug-likeness (QED) is 0.486. The number of methoxy groups -OCH3 is 1. The van der Waals surface area contributed by atoms with Crippen molar-refractivity contribution in [2.45, 2.75) is 6.92 Å². The molecule has 1 fully saturated rings. The van der Waals surface area contributed by atoms with Crippen molar-refractivity contribution in [3.05, 3.63) is 70.6 Å². The lowest BCUT2D eigenvalue weighted by Gasteiger charge is -2.14. The van der Waals surface area contributed by atoms with Crippen molar-refractivity contribution in [2.75, 3.05) is 18.6 Å². The largest absolute Gasteiger partial charge is 0.493 e. The number of rotatable bonds is 6. The zero-order valence-corrected chi connectivity index (χ0v) is 18.1. The zero-order chi connectivity index (χ0) is 20.9. The Balaban J connectivity index is 1.72. The summed E-state index contributed by atoms with van der Waals surface area (Å²) in [5.41, 5.74) is 1.60. The van der Waals surface area contributed by atoms with Crippen molar-refractivity contribution in [1.29, 1.82) is 0 Å².